The zero-order chi connectivity index (χ0) is 14.7. The van der Waals surface area contributed by atoms with Crippen molar-refractivity contribution in [3.05, 3.63) is 92.9 Å². The van der Waals surface area contributed by atoms with Gasteiger partial charge in [0.2, 0.25) is 0 Å². The molecule has 0 aliphatic heterocycles. The number of allylic oxidation sites excluding steroid dienone is 4. The Bertz CT molecular complexity index is 639. The minimum absolute atomic E-state index is 0. The molecule has 0 fully saturated rings. The standard InChI is InChI=1S/C20H19.3ClH.Ti/c1-2-16-14-9-15-19(16)20(17-10-5-3-6-11-17)18-12-7-4-8-13-18;;;;/h3-13,20H,2,15H2,1H3;3*1H;/q;;;;+3/p-3. The van der Waals surface area contributed by atoms with Crippen LogP contribution in [-0.4, -0.2) is 0 Å². The van der Waals surface area contributed by atoms with Crippen molar-refractivity contribution >= 4 is 0 Å². The van der Waals surface area contributed by atoms with Crippen molar-refractivity contribution in [3.8, 4) is 0 Å². The Morgan fingerprint density at radius 2 is 1.29 bits per heavy atom. The van der Waals surface area contributed by atoms with Crippen molar-refractivity contribution in [3.63, 3.8) is 0 Å². The first-order valence-corrected chi connectivity index (χ1v) is 8.33. The molecule has 0 radical (unpaired) electrons. The van der Waals surface area contributed by atoms with E-state index in [2.05, 4.69) is 94.1 Å². The van der Waals surface area contributed by atoms with Crippen molar-refractivity contribution in [1.29, 1.82) is 0 Å². The molecule has 1 aliphatic carbocycles. The van der Waals surface area contributed by atoms with Crippen molar-refractivity contribution in [1.82, 2.24) is 0 Å². The molecule has 0 atom stereocenters. The van der Waals surface area contributed by atoms with Gasteiger partial charge >= 0.3 is 139 Å². The maximum absolute atomic E-state index is 2.38. The summed E-state index contributed by atoms with van der Waals surface area (Å²) in [5, 5.41) is 0. The van der Waals surface area contributed by atoms with Gasteiger partial charge in [0.1, 0.15) is 0 Å². The molecule has 0 amide bonds. The second kappa shape index (κ2) is 11.2. The third kappa shape index (κ3) is 5.00. The molecule has 0 spiro atoms. The van der Waals surface area contributed by atoms with Crippen LogP contribution in [0.4, 0.5) is 0 Å². The number of rotatable bonds is 4. The average Bonchev–Trinajstić information content (AvgIpc) is 2.90. The smallest absolute Gasteiger partial charge is 1.00 e. The molecule has 1 aliphatic rings. The first-order valence-electron chi connectivity index (χ1n) is 7.55. The molecule has 2 aromatic rings. The van der Waals surface area contributed by atoms with Crippen LogP contribution in [0, 0.1) is 0 Å². The molecule has 2 aromatic carbocycles. The molecule has 0 heterocycles. The van der Waals surface area contributed by atoms with Crippen LogP contribution in [0.2, 0.25) is 0 Å². The summed E-state index contributed by atoms with van der Waals surface area (Å²) in [5.74, 6) is 0.385. The van der Waals surface area contributed by atoms with Crippen LogP contribution >= 0.6 is 0 Å². The quantitative estimate of drug-likeness (QED) is 0.454. The van der Waals surface area contributed by atoms with Gasteiger partial charge in [-0.25, -0.2) is 0 Å². The SMILES string of the molecule is CCC1=C(C(c2ccccc2)c2ccccc2)CC=[C]1[Ti+3].[Cl-].[Cl-].[Cl-]. The Balaban J connectivity index is 0.00000176. The monoisotopic (exact) mass is 412 g/mol. The molecule has 0 aromatic heterocycles. The van der Waals surface area contributed by atoms with Gasteiger partial charge < -0.3 is 37.2 Å². The van der Waals surface area contributed by atoms with E-state index in [1.807, 2.05) is 0 Å². The van der Waals surface area contributed by atoms with Crippen molar-refractivity contribution in [2.24, 2.45) is 0 Å². The fourth-order valence-corrected chi connectivity index (χ4v) is 3.91. The van der Waals surface area contributed by atoms with Gasteiger partial charge in [0.25, 0.3) is 0 Å². The third-order valence-electron chi connectivity index (χ3n) is 4.21. The van der Waals surface area contributed by atoms with Crippen molar-refractivity contribution in [2.45, 2.75) is 25.7 Å². The van der Waals surface area contributed by atoms with E-state index in [4.69, 9.17) is 0 Å². The predicted octanol–water partition coefficient (Wildman–Crippen LogP) is -3.63. The van der Waals surface area contributed by atoms with E-state index in [-0.39, 0.29) is 37.2 Å². The number of halogens is 3. The van der Waals surface area contributed by atoms with E-state index in [1.54, 1.807) is 11.1 Å². The Morgan fingerprint density at radius 1 is 0.833 bits per heavy atom. The summed E-state index contributed by atoms with van der Waals surface area (Å²) in [4.78, 5) is 0. The molecule has 0 N–H and O–H groups in total. The summed E-state index contributed by atoms with van der Waals surface area (Å²) in [6, 6.07) is 21.8. The maximum Gasteiger partial charge on any atom is -1.00 e. The first-order chi connectivity index (χ1) is 10.3. The van der Waals surface area contributed by atoms with Gasteiger partial charge in [0, 0.05) is 0 Å². The Hall–Kier alpha value is -0.496. The molecule has 0 unspecified atom stereocenters. The van der Waals surface area contributed by atoms with E-state index in [9.17, 15) is 0 Å². The van der Waals surface area contributed by atoms with Crippen molar-refractivity contribution in [2.75, 3.05) is 0 Å². The second-order valence-electron chi connectivity index (χ2n) is 5.43. The van der Waals surface area contributed by atoms with E-state index < -0.39 is 0 Å². The summed E-state index contributed by atoms with van der Waals surface area (Å²) in [6.07, 6.45) is 4.59. The molecule has 0 nitrogen and oxygen atoms in total. The zero-order valence-electron chi connectivity index (χ0n) is 13.5. The molecular weight excluding hydrogens is 394 g/mol. The fourth-order valence-electron chi connectivity index (χ4n) is 3.23. The van der Waals surface area contributed by atoms with E-state index in [0.717, 1.165) is 12.8 Å². The maximum atomic E-state index is 2.38. The molecule has 0 bridgehead atoms. The van der Waals surface area contributed by atoms with Crippen LogP contribution in [-0.2, 0) is 20.4 Å². The van der Waals surface area contributed by atoms with E-state index in [0.29, 0.717) is 5.92 Å². The first kappa shape index (κ1) is 23.5. The molecule has 4 heteroatoms. The number of hydrogen-bond acceptors (Lipinski definition) is 0. The van der Waals surface area contributed by atoms with Gasteiger partial charge in [-0.3, -0.25) is 0 Å². The van der Waals surface area contributed by atoms with Crippen LogP contribution in [0.1, 0.15) is 36.8 Å². The Labute approximate surface area is 175 Å². The van der Waals surface area contributed by atoms with Gasteiger partial charge in [0.15, 0.2) is 0 Å². The van der Waals surface area contributed by atoms with Gasteiger partial charge in [-0.15, -0.1) is 0 Å². The summed E-state index contributed by atoms with van der Waals surface area (Å²) < 4.78 is 1.46. The molecule has 24 heavy (non-hydrogen) atoms. The Kier molecular flexibility index (Phi) is 11.0. The van der Waals surface area contributed by atoms with Crippen LogP contribution in [0.25, 0.3) is 0 Å². The second-order valence-corrected chi connectivity index (χ2v) is 6.27. The van der Waals surface area contributed by atoms with E-state index in [1.165, 1.54) is 15.0 Å². The molecule has 124 valence electrons. The summed E-state index contributed by atoms with van der Waals surface area (Å²) in [5.41, 5.74) is 5.92. The Morgan fingerprint density at radius 3 is 1.71 bits per heavy atom. The molecular formula is C20H19Cl3Ti. The van der Waals surface area contributed by atoms with Crippen LogP contribution in [0.15, 0.2) is 81.8 Å². The summed E-state index contributed by atoms with van der Waals surface area (Å²) in [7, 11) is 0. The number of hydrogen-bond donors (Lipinski definition) is 0. The topological polar surface area (TPSA) is 0 Å². The van der Waals surface area contributed by atoms with Gasteiger partial charge in [-0.2, -0.15) is 0 Å². The largest absolute Gasteiger partial charge is 1.00 e. The third-order valence-corrected chi connectivity index (χ3v) is 5.00. The summed E-state index contributed by atoms with van der Waals surface area (Å²) >= 11 is 2.25. The fraction of sp³-hybridized carbons (Fsp3) is 0.200. The van der Waals surface area contributed by atoms with Crippen molar-refractivity contribution < 1.29 is 57.7 Å². The van der Waals surface area contributed by atoms with Gasteiger partial charge in [0.05, 0.1) is 0 Å². The molecule has 0 saturated heterocycles. The normalized spacial score (nSPS) is 12.9. The average molecular weight is 414 g/mol. The number of benzene rings is 2. The predicted molar refractivity (Wildman–Crippen MR) is 84.7 cm³/mol. The van der Waals surface area contributed by atoms with Gasteiger partial charge in [-0.05, 0) is 0 Å². The minimum atomic E-state index is 0. The van der Waals surface area contributed by atoms with Gasteiger partial charge in [-0.1, -0.05) is 0 Å². The molecule has 0 saturated carbocycles. The minimum Gasteiger partial charge on any atom is -1.00 e. The zero-order valence-corrected chi connectivity index (χ0v) is 17.3. The van der Waals surface area contributed by atoms with Crippen LogP contribution in [0.3, 0.4) is 0 Å². The summed E-state index contributed by atoms with van der Waals surface area (Å²) in [6.45, 7) is 2.27. The van der Waals surface area contributed by atoms with Crippen LogP contribution < -0.4 is 37.2 Å². The van der Waals surface area contributed by atoms with Crippen LogP contribution in [0.5, 0.6) is 0 Å². The molecule has 3 rings (SSSR count). The van der Waals surface area contributed by atoms with E-state index >= 15 is 0 Å².